The molecule has 0 aliphatic heterocycles. The van der Waals surface area contributed by atoms with E-state index in [1.807, 2.05) is 0 Å². The fraction of sp³-hybridized carbons (Fsp3) is 0.600. The van der Waals surface area contributed by atoms with Crippen molar-refractivity contribution in [3.05, 3.63) is 11.9 Å². The molecule has 0 fully saturated rings. The Morgan fingerprint density at radius 2 is 2.33 bits per heavy atom. The van der Waals surface area contributed by atoms with Gasteiger partial charge in [-0.05, 0) is 12.3 Å². The lowest BCUT2D eigenvalue weighted by atomic mass is 10.1. The van der Waals surface area contributed by atoms with Crippen molar-refractivity contribution in [1.82, 2.24) is 9.78 Å². The van der Waals surface area contributed by atoms with Crippen molar-refractivity contribution in [2.24, 2.45) is 11.7 Å². The number of anilines is 1. The van der Waals surface area contributed by atoms with E-state index in [0.717, 1.165) is 19.4 Å². The Hall–Kier alpha value is -1.52. The van der Waals surface area contributed by atoms with Gasteiger partial charge in [0, 0.05) is 12.7 Å². The maximum absolute atomic E-state index is 10.9. The van der Waals surface area contributed by atoms with E-state index in [9.17, 15) is 4.79 Å². The fourth-order valence-corrected chi connectivity index (χ4v) is 1.63. The van der Waals surface area contributed by atoms with Crippen LogP contribution in [0, 0.1) is 5.92 Å². The van der Waals surface area contributed by atoms with Crippen molar-refractivity contribution in [2.45, 2.75) is 33.2 Å². The molecule has 84 valence electrons. The average molecular weight is 210 g/mol. The van der Waals surface area contributed by atoms with Crippen LogP contribution in [0.1, 0.15) is 37.2 Å². The summed E-state index contributed by atoms with van der Waals surface area (Å²) in [6.45, 7) is 5.05. The third-order valence-corrected chi connectivity index (χ3v) is 2.30. The second-order valence-corrected chi connectivity index (χ2v) is 3.91. The number of aromatic nitrogens is 2. The second-order valence-electron chi connectivity index (χ2n) is 3.91. The summed E-state index contributed by atoms with van der Waals surface area (Å²) in [5, 5.41) is 4.05. The number of nitrogens with two attached hydrogens (primary N) is 2. The smallest absolute Gasteiger partial charge is 0.271 e. The summed E-state index contributed by atoms with van der Waals surface area (Å²) in [6, 6.07) is 0. The predicted molar refractivity (Wildman–Crippen MR) is 59.2 cm³/mol. The van der Waals surface area contributed by atoms with E-state index in [4.69, 9.17) is 11.5 Å². The molecule has 4 N–H and O–H groups in total. The first-order valence-electron chi connectivity index (χ1n) is 5.17. The van der Waals surface area contributed by atoms with Crippen LogP contribution in [-0.4, -0.2) is 15.7 Å². The van der Waals surface area contributed by atoms with E-state index in [0.29, 0.717) is 11.6 Å². The first-order chi connectivity index (χ1) is 7.04. The van der Waals surface area contributed by atoms with Gasteiger partial charge < -0.3 is 11.5 Å². The predicted octanol–water partition coefficient (Wildman–Crippen LogP) is 1.00. The van der Waals surface area contributed by atoms with Crippen molar-refractivity contribution in [2.75, 3.05) is 5.73 Å². The zero-order valence-electron chi connectivity index (χ0n) is 9.23. The van der Waals surface area contributed by atoms with E-state index in [-0.39, 0.29) is 5.69 Å². The molecule has 1 rings (SSSR count). The van der Waals surface area contributed by atoms with Gasteiger partial charge >= 0.3 is 0 Å². The molecule has 1 aromatic rings. The Bertz CT molecular complexity index is 345. The van der Waals surface area contributed by atoms with Crippen LogP contribution in [-0.2, 0) is 6.54 Å². The summed E-state index contributed by atoms with van der Waals surface area (Å²) in [7, 11) is 0. The Morgan fingerprint density at radius 3 is 2.80 bits per heavy atom. The van der Waals surface area contributed by atoms with E-state index >= 15 is 0 Å². The number of amides is 1. The number of nitrogens with zero attached hydrogens (tertiary/aromatic N) is 2. The zero-order chi connectivity index (χ0) is 11.4. The summed E-state index contributed by atoms with van der Waals surface area (Å²) in [5.41, 5.74) is 11.2. The third kappa shape index (κ3) is 2.97. The van der Waals surface area contributed by atoms with Gasteiger partial charge in [0.25, 0.3) is 5.91 Å². The number of nitrogen functional groups attached to an aromatic ring is 1. The largest absolute Gasteiger partial charge is 0.396 e. The molecule has 1 amide bonds. The minimum atomic E-state index is -0.575. The fourth-order valence-electron chi connectivity index (χ4n) is 1.63. The molecule has 5 heteroatoms. The number of hydrogen-bond donors (Lipinski definition) is 2. The van der Waals surface area contributed by atoms with E-state index in [1.54, 1.807) is 10.9 Å². The number of hydrogen-bond acceptors (Lipinski definition) is 3. The molecule has 1 aromatic heterocycles. The first kappa shape index (κ1) is 11.6. The monoisotopic (exact) mass is 210 g/mol. The standard InChI is InChI=1S/C10H18N4O/c1-3-4-7(2)5-14-6-8(11)9(13-14)10(12)15/h6-7H,3-5,11H2,1-2H3,(H2,12,15). The van der Waals surface area contributed by atoms with Gasteiger partial charge in [-0.25, -0.2) is 0 Å². The first-order valence-corrected chi connectivity index (χ1v) is 5.17. The topological polar surface area (TPSA) is 86.9 Å². The van der Waals surface area contributed by atoms with Crippen LogP contribution >= 0.6 is 0 Å². The summed E-state index contributed by atoms with van der Waals surface area (Å²) in [4.78, 5) is 10.9. The van der Waals surface area contributed by atoms with Gasteiger partial charge in [-0.1, -0.05) is 20.3 Å². The maximum Gasteiger partial charge on any atom is 0.271 e. The Morgan fingerprint density at radius 1 is 1.67 bits per heavy atom. The highest BCUT2D eigenvalue weighted by Crippen LogP contribution is 2.12. The quantitative estimate of drug-likeness (QED) is 0.760. The van der Waals surface area contributed by atoms with Gasteiger partial charge in [0.1, 0.15) is 0 Å². The van der Waals surface area contributed by atoms with Crippen LogP contribution in [0.3, 0.4) is 0 Å². The molecule has 0 spiro atoms. The lowest BCUT2D eigenvalue weighted by Gasteiger charge is -2.09. The minimum Gasteiger partial charge on any atom is -0.396 e. The van der Waals surface area contributed by atoms with Crippen LogP contribution in [0.25, 0.3) is 0 Å². The van der Waals surface area contributed by atoms with Gasteiger partial charge in [-0.2, -0.15) is 5.10 Å². The van der Waals surface area contributed by atoms with Crippen molar-refractivity contribution < 1.29 is 4.79 Å². The van der Waals surface area contributed by atoms with Crippen LogP contribution in [0.2, 0.25) is 0 Å². The van der Waals surface area contributed by atoms with Crippen LogP contribution in [0.5, 0.6) is 0 Å². The highest BCUT2D eigenvalue weighted by Gasteiger charge is 2.12. The van der Waals surface area contributed by atoms with Gasteiger partial charge in [0.05, 0.1) is 5.69 Å². The maximum atomic E-state index is 10.9. The Balaban J connectivity index is 2.71. The molecule has 5 nitrogen and oxygen atoms in total. The van der Waals surface area contributed by atoms with Gasteiger partial charge in [0.15, 0.2) is 5.69 Å². The van der Waals surface area contributed by atoms with Crippen LogP contribution < -0.4 is 11.5 Å². The van der Waals surface area contributed by atoms with Crippen molar-refractivity contribution in [1.29, 1.82) is 0 Å². The molecule has 0 aliphatic carbocycles. The molecule has 0 bridgehead atoms. The number of primary amides is 1. The molecular weight excluding hydrogens is 192 g/mol. The van der Waals surface area contributed by atoms with Gasteiger partial charge in [0.2, 0.25) is 0 Å². The summed E-state index contributed by atoms with van der Waals surface area (Å²) < 4.78 is 1.69. The van der Waals surface area contributed by atoms with Crippen molar-refractivity contribution in [3.63, 3.8) is 0 Å². The summed E-state index contributed by atoms with van der Waals surface area (Å²) in [6.07, 6.45) is 3.93. The molecule has 1 unspecified atom stereocenters. The molecule has 0 radical (unpaired) electrons. The lowest BCUT2D eigenvalue weighted by Crippen LogP contribution is -2.15. The third-order valence-electron chi connectivity index (χ3n) is 2.30. The zero-order valence-corrected chi connectivity index (χ0v) is 9.23. The molecule has 1 atom stereocenters. The Labute approximate surface area is 89.4 Å². The lowest BCUT2D eigenvalue weighted by molar-refractivity contribution is 0.0995. The van der Waals surface area contributed by atoms with Gasteiger partial charge in [-0.15, -0.1) is 0 Å². The molecule has 0 saturated heterocycles. The van der Waals surface area contributed by atoms with E-state index < -0.39 is 5.91 Å². The summed E-state index contributed by atoms with van der Waals surface area (Å²) in [5.74, 6) is -0.0515. The van der Waals surface area contributed by atoms with Crippen molar-refractivity contribution in [3.8, 4) is 0 Å². The molecule has 1 heterocycles. The minimum absolute atomic E-state index is 0.165. The van der Waals surface area contributed by atoms with Crippen LogP contribution in [0.4, 0.5) is 5.69 Å². The molecule has 0 aromatic carbocycles. The molecule has 0 aliphatic rings. The molecule has 0 saturated carbocycles. The normalized spacial score (nSPS) is 12.7. The number of rotatable bonds is 5. The summed E-state index contributed by atoms with van der Waals surface area (Å²) >= 11 is 0. The van der Waals surface area contributed by atoms with E-state index in [1.165, 1.54) is 0 Å². The Kier molecular flexibility index (Phi) is 3.71. The molecular formula is C10H18N4O. The second kappa shape index (κ2) is 4.82. The van der Waals surface area contributed by atoms with Crippen molar-refractivity contribution >= 4 is 11.6 Å². The number of carbonyl (C=O) groups excluding carboxylic acids is 1. The molecule has 15 heavy (non-hydrogen) atoms. The van der Waals surface area contributed by atoms with Crippen LogP contribution in [0.15, 0.2) is 6.20 Å². The SMILES string of the molecule is CCCC(C)Cn1cc(N)c(C(N)=O)n1. The number of carbonyl (C=O) groups is 1. The highest BCUT2D eigenvalue weighted by atomic mass is 16.1. The van der Waals surface area contributed by atoms with Gasteiger partial charge in [-0.3, -0.25) is 9.48 Å². The average Bonchev–Trinajstić information content (AvgIpc) is 2.47. The van der Waals surface area contributed by atoms with E-state index in [2.05, 4.69) is 18.9 Å². The highest BCUT2D eigenvalue weighted by molar-refractivity contribution is 5.95.